The highest BCUT2D eigenvalue weighted by atomic mass is 35.5. The quantitative estimate of drug-likeness (QED) is 0.849. The van der Waals surface area contributed by atoms with E-state index in [9.17, 15) is 4.79 Å². The average Bonchev–Trinajstić information content (AvgIpc) is 2.16. The summed E-state index contributed by atoms with van der Waals surface area (Å²) < 4.78 is 0.0337. The summed E-state index contributed by atoms with van der Waals surface area (Å²) in [6.45, 7) is 0. The van der Waals surface area contributed by atoms with Crippen molar-refractivity contribution in [2.75, 3.05) is 0 Å². The molecule has 0 saturated carbocycles. The van der Waals surface area contributed by atoms with Crippen molar-refractivity contribution in [3.05, 3.63) is 46.6 Å². The van der Waals surface area contributed by atoms with Gasteiger partial charge in [0.15, 0.2) is 0 Å². The van der Waals surface area contributed by atoms with Gasteiger partial charge in [-0.2, -0.15) is 0 Å². The molecule has 0 spiro atoms. The first kappa shape index (κ1) is 11.1. The molecule has 0 unspecified atom stereocenters. The van der Waals surface area contributed by atoms with E-state index in [1.807, 2.05) is 30.3 Å². The van der Waals surface area contributed by atoms with Crippen LogP contribution in [0.2, 0.25) is 0 Å². The molecule has 0 atom stereocenters. The van der Waals surface area contributed by atoms with Gasteiger partial charge in [0.1, 0.15) is 4.49 Å². The Labute approximate surface area is 92.5 Å². The fourth-order valence-electron chi connectivity index (χ4n) is 0.967. The third-order valence-corrected chi connectivity index (χ3v) is 1.77. The number of carbonyl (C=O) groups is 1. The fourth-order valence-corrected chi connectivity index (χ4v) is 1.08. The van der Waals surface area contributed by atoms with Gasteiger partial charge < -0.3 is 5.32 Å². The topological polar surface area (TPSA) is 29.1 Å². The predicted octanol–water partition coefficient (Wildman–Crippen LogP) is 2.62. The van der Waals surface area contributed by atoms with Crippen LogP contribution in [0.5, 0.6) is 0 Å². The van der Waals surface area contributed by atoms with Crippen molar-refractivity contribution >= 4 is 29.1 Å². The minimum atomic E-state index is -0.144. The van der Waals surface area contributed by atoms with Crippen molar-refractivity contribution in [2.45, 2.75) is 6.42 Å². The number of hydrogen-bond donors (Lipinski definition) is 1. The second-order valence-corrected chi connectivity index (χ2v) is 3.67. The van der Waals surface area contributed by atoms with Crippen LogP contribution in [0.3, 0.4) is 0 Å². The number of benzene rings is 1. The van der Waals surface area contributed by atoms with Crippen molar-refractivity contribution in [1.82, 2.24) is 5.32 Å². The third kappa shape index (κ3) is 4.30. The van der Waals surface area contributed by atoms with Crippen LogP contribution in [-0.4, -0.2) is 5.91 Å². The van der Waals surface area contributed by atoms with Gasteiger partial charge in [0.05, 0.1) is 6.42 Å². The highest BCUT2D eigenvalue weighted by Gasteiger charge is 2.00. The Morgan fingerprint density at radius 3 is 2.50 bits per heavy atom. The largest absolute Gasteiger partial charge is 0.330 e. The van der Waals surface area contributed by atoms with Crippen molar-refractivity contribution in [1.29, 1.82) is 0 Å². The average molecular weight is 230 g/mol. The molecule has 14 heavy (non-hydrogen) atoms. The van der Waals surface area contributed by atoms with E-state index in [1.165, 1.54) is 6.20 Å². The van der Waals surface area contributed by atoms with Crippen LogP contribution < -0.4 is 5.32 Å². The van der Waals surface area contributed by atoms with Crippen molar-refractivity contribution in [3.63, 3.8) is 0 Å². The molecule has 4 heteroatoms. The minimum absolute atomic E-state index is 0.0337. The summed E-state index contributed by atoms with van der Waals surface area (Å²) in [5.74, 6) is -0.144. The summed E-state index contributed by atoms with van der Waals surface area (Å²) in [5.41, 5.74) is 0.948. The van der Waals surface area contributed by atoms with E-state index in [2.05, 4.69) is 5.32 Å². The number of amides is 1. The van der Waals surface area contributed by atoms with E-state index in [0.29, 0.717) is 6.42 Å². The van der Waals surface area contributed by atoms with Gasteiger partial charge >= 0.3 is 0 Å². The molecule has 1 aromatic rings. The molecule has 0 aliphatic carbocycles. The predicted molar refractivity (Wildman–Crippen MR) is 58.1 cm³/mol. The van der Waals surface area contributed by atoms with Crippen LogP contribution in [0, 0.1) is 0 Å². The van der Waals surface area contributed by atoms with Gasteiger partial charge in [-0.25, -0.2) is 0 Å². The van der Waals surface area contributed by atoms with Crippen LogP contribution in [0.4, 0.5) is 0 Å². The molecule has 1 rings (SSSR count). The van der Waals surface area contributed by atoms with E-state index in [0.717, 1.165) is 5.56 Å². The van der Waals surface area contributed by atoms with Crippen LogP contribution in [0.25, 0.3) is 0 Å². The Morgan fingerprint density at radius 1 is 1.29 bits per heavy atom. The van der Waals surface area contributed by atoms with E-state index in [1.54, 1.807) is 0 Å². The summed E-state index contributed by atoms with van der Waals surface area (Å²) in [7, 11) is 0. The highest BCUT2D eigenvalue weighted by molar-refractivity contribution is 6.55. The number of nitrogens with one attached hydrogen (secondary N) is 1. The second-order valence-electron chi connectivity index (χ2n) is 2.66. The molecule has 0 aliphatic rings. The molecule has 0 bridgehead atoms. The molecule has 1 amide bonds. The van der Waals surface area contributed by atoms with Crippen LogP contribution in [0.15, 0.2) is 41.0 Å². The Balaban J connectivity index is 2.46. The molecule has 2 nitrogen and oxygen atoms in total. The van der Waals surface area contributed by atoms with Crippen molar-refractivity contribution in [3.8, 4) is 0 Å². The lowest BCUT2D eigenvalue weighted by atomic mass is 10.1. The fraction of sp³-hybridized carbons (Fsp3) is 0.100. The van der Waals surface area contributed by atoms with E-state index < -0.39 is 0 Å². The van der Waals surface area contributed by atoms with Gasteiger partial charge in [-0.1, -0.05) is 53.5 Å². The van der Waals surface area contributed by atoms with E-state index >= 15 is 0 Å². The lowest BCUT2D eigenvalue weighted by Gasteiger charge is -1.99. The molecule has 0 aliphatic heterocycles. The first-order chi connectivity index (χ1) is 6.68. The smallest absolute Gasteiger partial charge is 0.228 e. The Morgan fingerprint density at radius 2 is 1.93 bits per heavy atom. The maximum absolute atomic E-state index is 11.2. The summed E-state index contributed by atoms with van der Waals surface area (Å²) in [5, 5.41) is 2.47. The number of rotatable bonds is 3. The molecule has 0 fully saturated rings. The molecule has 74 valence electrons. The van der Waals surface area contributed by atoms with Gasteiger partial charge in [0.25, 0.3) is 0 Å². The van der Waals surface area contributed by atoms with Crippen LogP contribution in [-0.2, 0) is 11.2 Å². The minimum Gasteiger partial charge on any atom is -0.330 e. The summed E-state index contributed by atoms with van der Waals surface area (Å²) in [6.07, 6.45) is 1.58. The molecule has 0 heterocycles. The molecular weight excluding hydrogens is 221 g/mol. The Bertz CT molecular complexity index is 331. The number of hydrogen-bond acceptors (Lipinski definition) is 1. The van der Waals surface area contributed by atoms with Crippen LogP contribution >= 0.6 is 23.2 Å². The molecule has 0 aromatic heterocycles. The Kier molecular flexibility index (Phi) is 4.50. The lowest BCUT2D eigenvalue weighted by molar-refractivity contribution is -0.119. The second kappa shape index (κ2) is 5.68. The monoisotopic (exact) mass is 229 g/mol. The Hall–Kier alpha value is -0.990. The lowest BCUT2D eigenvalue weighted by Crippen LogP contribution is -2.19. The zero-order valence-electron chi connectivity index (χ0n) is 7.34. The normalized spacial score (nSPS) is 9.29. The van der Waals surface area contributed by atoms with Gasteiger partial charge in [0, 0.05) is 6.20 Å². The third-order valence-electron chi connectivity index (χ3n) is 1.55. The SMILES string of the molecule is O=C(Cc1ccccc1)NC=C(Cl)Cl. The number of carbonyl (C=O) groups excluding carboxylic acids is 1. The van der Waals surface area contributed by atoms with Gasteiger partial charge in [0.2, 0.25) is 5.91 Å². The molecular formula is C10H9Cl2NO. The zero-order chi connectivity index (χ0) is 10.4. The maximum Gasteiger partial charge on any atom is 0.228 e. The van der Waals surface area contributed by atoms with E-state index in [-0.39, 0.29) is 10.4 Å². The highest BCUT2D eigenvalue weighted by Crippen LogP contribution is 2.04. The summed E-state index contributed by atoms with van der Waals surface area (Å²) in [4.78, 5) is 11.2. The molecule has 0 saturated heterocycles. The zero-order valence-corrected chi connectivity index (χ0v) is 8.85. The maximum atomic E-state index is 11.2. The standard InChI is InChI=1S/C10H9Cl2NO/c11-9(12)7-13-10(14)6-8-4-2-1-3-5-8/h1-5,7H,6H2,(H,13,14). The van der Waals surface area contributed by atoms with Crippen molar-refractivity contribution < 1.29 is 4.79 Å². The molecule has 0 radical (unpaired) electrons. The number of halogens is 2. The van der Waals surface area contributed by atoms with E-state index in [4.69, 9.17) is 23.2 Å². The first-order valence-electron chi connectivity index (χ1n) is 4.03. The van der Waals surface area contributed by atoms with Gasteiger partial charge in [-0.15, -0.1) is 0 Å². The van der Waals surface area contributed by atoms with Crippen LogP contribution in [0.1, 0.15) is 5.56 Å². The summed E-state index contributed by atoms with van der Waals surface area (Å²) >= 11 is 10.7. The van der Waals surface area contributed by atoms with Gasteiger partial charge in [-0.05, 0) is 5.56 Å². The summed E-state index contributed by atoms with van der Waals surface area (Å²) in [6, 6.07) is 9.42. The molecule has 1 N–H and O–H groups in total. The van der Waals surface area contributed by atoms with Gasteiger partial charge in [-0.3, -0.25) is 4.79 Å². The molecule has 1 aromatic carbocycles. The van der Waals surface area contributed by atoms with Crippen molar-refractivity contribution in [2.24, 2.45) is 0 Å². The first-order valence-corrected chi connectivity index (χ1v) is 4.78.